The van der Waals surface area contributed by atoms with Crippen molar-refractivity contribution in [1.82, 2.24) is 14.6 Å². The minimum Gasteiger partial charge on any atom is -0.508 e. The summed E-state index contributed by atoms with van der Waals surface area (Å²) in [6, 6.07) is 10.6. The Morgan fingerprint density at radius 2 is 1.75 bits per heavy atom. The van der Waals surface area contributed by atoms with E-state index in [1.807, 2.05) is 24.3 Å². The smallest absolute Gasteiger partial charge is 0.232 e. The van der Waals surface area contributed by atoms with Gasteiger partial charge in [0.25, 0.3) is 0 Å². The van der Waals surface area contributed by atoms with Crippen molar-refractivity contribution >= 4 is 5.65 Å². The van der Waals surface area contributed by atoms with E-state index >= 15 is 0 Å². The minimum atomic E-state index is -0.199. The van der Waals surface area contributed by atoms with E-state index in [1.165, 1.54) is 0 Å². The maximum absolute atomic E-state index is 9.59. The molecule has 3 aromatic rings. The van der Waals surface area contributed by atoms with E-state index in [9.17, 15) is 10.2 Å². The van der Waals surface area contributed by atoms with Gasteiger partial charge >= 0.3 is 0 Å². The van der Waals surface area contributed by atoms with E-state index in [1.54, 1.807) is 22.8 Å². The zero-order valence-electron chi connectivity index (χ0n) is 13.2. The molecule has 0 amide bonds. The molecule has 124 valence electrons. The molecule has 6 heteroatoms. The first-order valence-corrected chi connectivity index (χ1v) is 8.18. The number of fused-ring (bicyclic) bond motifs is 1. The van der Waals surface area contributed by atoms with Gasteiger partial charge < -0.3 is 14.9 Å². The first-order valence-electron chi connectivity index (χ1n) is 8.18. The maximum atomic E-state index is 9.59. The molecule has 2 aromatic heterocycles. The van der Waals surface area contributed by atoms with E-state index in [0.717, 1.165) is 42.6 Å². The summed E-state index contributed by atoms with van der Waals surface area (Å²) >= 11 is 0. The van der Waals surface area contributed by atoms with Gasteiger partial charge in [0, 0.05) is 11.6 Å². The van der Waals surface area contributed by atoms with Gasteiger partial charge in [-0.1, -0.05) is 0 Å². The number of hydrogen-bond donors (Lipinski definition) is 2. The summed E-state index contributed by atoms with van der Waals surface area (Å²) < 4.78 is 7.73. The Bertz CT molecular complexity index is 836. The van der Waals surface area contributed by atoms with Crippen molar-refractivity contribution in [2.45, 2.75) is 37.9 Å². The number of benzene rings is 1. The highest BCUT2D eigenvalue weighted by atomic mass is 16.5. The zero-order chi connectivity index (χ0) is 16.5. The fraction of sp³-hybridized carbons (Fsp3) is 0.333. The van der Waals surface area contributed by atoms with Crippen LogP contribution in [-0.4, -0.2) is 37.0 Å². The van der Waals surface area contributed by atoms with Crippen LogP contribution in [0.15, 0.2) is 42.6 Å². The molecule has 0 spiro atoms. The van der Waals surface area contributed by atoms with Crippen molar-refractivity contribution in [3.8, 4) is 22.9 Å². The lowest BCUT2D eigenvalue weighted by atomic mass is 9.95. The molecule has 4 rings (SSSR count). The van der Waals surface area contributed by atoms with Gasteiger partial charge in [0.15, 0.2) is 5.65 Å². The van der Waals surface area contributed by atoms with E-state index < -0.39 is 0 Å². The fourth-order valence-electron chi connectivity index (χ4n) is 3.08. The molecule has 0 saturated heterocycles. The lowest BCUT2D eigenvalue weighted by molar-refractivity contribution is 0.0637. The van der Waals surface area contributed by atoms with Crippen molar-refractivity contribution in [2.24, 2.45) is 0 Å². The average molecular weight is 325 g/mol. The molecule has 24 heavy (non-hydrogen) atoms. The molecular formula is C18H19N3O3. The number of rotatable bonds is 3. The Morgan fingerprint density at radius 1 is 1.00 bits per heavy atom. The summed E-state index contributed by atoms with van der Waals surface area (Å²) in [5.74, 6) is 0.783. The third-order valence-corrected chi connectivity index (χ3v) is 4.43. The lowest BCUT2D eigenvalue weighted by Crippen LogP contribution is -2.26. The van der Waals surface area contributed by atoms with Crippen LogP contribution in [0, 0.1) is 0 Å². The third kappa shape index (κ3) is 2.92. The largest absolute Gasteiger partial charge is 0.508 e. The Morgan fingerprint density at radius 3 is 2.50 bits per heavy atom. The van der Waals surface area contributed by atoms with Crippen LogP contribution in [0.3, 0.4) is 0 Å². The van der Waals surface area contributed by atoms with Crippen LogP contribution >= 0.6 is 0 Å². The van der Waals surface area contributed by atoms with Crippen LogP contribution < -0.4 is 4.74 Å². The number of aromatic hydroxyl groups is 1. The lowest BCUT2D eigenvalue weighted by Gasteiger charge is -2.25. The van der Waals surface area contributed by atoms with Crippen LogP contribution in [0.25, 0.3) is 16.9 Å². The molecule has 6 nitrogen and oxygen atoms in total. The number of aliphatic hydroxyl groups is 1. The summed E-state index contributed by atoms with van der Waals surface area (Å²) in [5.41, 5.74) is 2.50. The van der Waals surface area contributed by atoms with Crippen molar-refractivity contribution < 1.29 is 14.9 Å². The Hall–Kier alpha value is -2.60. The van der Waals surface area contributed by atoms with Gasteiger partial charge in [-0.15, -0.1) is 5.10 Å². The van der Waals surface area contributed by atoms with E-state index in [2.05, 4.69) is 10.1 Å². The first kappa shape index (κ1) is 15.0. The summed E-state index contributed by atoms with van der Waals surface area (Å²) in [6.07, 6.45) is 4.89. The number of aliphatic hydroxyl groups excluding tert-OH is 1. The van der Waals surface area contributed by atoms with Gasteiger partial charge in [-0.05, 0) is 56.0 Å². The average Bonchev–Trinajstić information content (AvgIpc) is 3.01. The second-order valence-electron chi connectivity index (χ2n) is 6.18. The number of aromatic nitrogens is 3. The van der Waals surface area contributed by atoms with E-state index in [4.69, 9.17) is 4.74 Å². The van der Waals surface area contributed by atoms with Gasteiger partial charge in [0.1, 0.15) is 11.9 Å². The van der Waals surface area contributed by atoms with Crippen LogP contribution in [0.2, 0.25) is 0 Å². The van der Waals surface area contributed by atoms with Crippen LogP contribution in [-0.2, 0) is 0 Å². The molecule has 0 bridgehead atoms. The number of hydrogen-bond acceptors (Lipinski definition) is 5. The molecule has 2 heterocycles. The highest BCUT2D eigenvalue weighted by molar-refractivity contribution is 5.63. The van der Waals surface area contributed by atoms with E-state index in [0.29, 0.717) is 5.88 Å². The number of nitrogens with zero attached hydrogens (tertiary/aromatic N) is 3. The first-order chi connectivity index (χ1) is 11.7. The summed E-state index contributed by atoms with van der Waals surface area (Å²) in [6.45, 7) is 0. The standard InChI is InChI=1S/C18H19N3O3/c22-13-3-1-12(2-4-13)16-11-19-17-9-10-18(20-21(16)17)24-15-7-5-14(23)6-8-15/h1-4,9-11,14-15,22-23H,5-8H2/t14-,15-. The molecule has 0 unspecified atom stereocenters. The fourth-order valence-corrected chi connectivity index (χ4v) is 3.08. The molecule has 1 aromatic carbocycles. The highest BCUT2D eigenvalue weighted by Crippen LogP contribution is 2.25. The zero-order valence-corrected chi connectivity index (χ0v) is 13.2. The second kappa shape index (κ2) is 6.13. The molecule has 1 aliphatic carbocycles. The Balaban J connectivity index is 1.62. The Labute approximate surface area is 139 Å². The number of ether oxygens (including phenoxy) is 1. The van der Waals surface area contributed by atoms with Crippen LogP contribution in [0.4, 0.5) is 0 Å². The van der Waals surface area contributed by atoms with Gasteiger partial charge in [-0.2, -0.15) is 0 Å². The number of phenolic OH excluding ortho intramolecular Hbond substituents is 1. The number of phenols is 1. The van der Waals surface area contributed by atoms with Crippen molar-refractivity contribution in [3.05, 3.63) is 42.6 Å². The van der Waals surface area contributed by atoms with Gasteiger partial charge in [0.05, 0.1) is 18.0 Å². The normalized spacial score (nSPS) is 21.0. The van der Waals surface area contributed by atoms with E-state index in [-0.39, 0.29) is 18.0 Å². The number of imidazole rings is 1. The van der Waals surface area contributed by atoms with Crippen molar-refractivity contribution in [2.75, 3.05) is 0 Å². The monoisotopic (exact) mass is 325 g/mol. The summed E-state index contributed by atoms with van der Waals surface area (Å²) in [4.78, 5) is 4.36. The molecule has 2 N–H and O–H groups in total. The Kier molecular flexibility index (Phi) is 3.82. The van der Waals surface area contributed by atoms with Gasteiger partial charge in [-0.25, -0.2) is 9.50 Å². The summed E-state index contributed by atoms with van der Waals surface area (Å²) in [7, 11) is 0. The van der Waals surface area contributed by atoms with Crippen molar-refractivity contribution in [1.29, 1.82) is 0 Å². The predicted molar refractivity (Wildman–Crippen MR) is 89.0 cm³/mol. The molecule has 1 saturated carbocycles. The van der Waals surface area contributed by atoms with Crippen LogP contribution in [0.1, 0.15) is 25.7 Å². The molecule has 0 radical (unpaired) electrons. The SMILES string of the molecule is Oc1ccc(-c2cnc3ccc(O[C@H]4CC[C@H](O)CC4)nn23)cc1. The molecular weight excluding hydrogens is 306 g/mol. The molecule has 1 aliphatic rings. The van der Waals surface area contributed by atoms with Crippen molar-refractivity contribution in [3.63, 3.8) is 0 Å². The van der Waals surface area contributed by atoms with Gasteiger partial charge in [-0.3, -0.25) is 0 Å². The molecule has 0 aliphatic heterocycles. The third-order valence-electron chi connectivity index (χ3n) is 4.43. The predicted octanol–water partition coefficient (Wildman–Crippen LogP) is 2.78. The minimum absolute atomic E-state index is 0.0963. The quantitative estimate of drug-likeness (QED) is 0.774. The summed E-state index contributed by atoms with van der Waals surface area (Å²) in [5, 5.41) is 23.6. The topological polar surface area (TPSA) is 79.9 Å². The van der Waals surface area contributed by atoms with Crippen LogP contribution in [0.5, 0.6) is 11.6 Å². The van der Waals surface area contributed by atoms with Gasteiger partial charge in [0.2, 0.25) is 5.88 Å². The molecule has 1 fully saturated rings. The maximum Gasteiger partial charge on any atom is 0.232 e. The highest BCUT2D eigenvalue weighted by Gasteiger charge is 2.21. The molecule has 0 atom stereocenters. The second-order valence-corrected chi connectivity index (χ2v) is 6.18.